The maximum Gasteiger partial charge on any atom is 0.305 e. The highest BCUT2D eigenvalue weighted by atomic mass is 16.5. The summed E-state index contributed by atoms with van der Waals surface area (Å²) < 4.78 is 15.7. The van der Waals surface area contributed by atoms with Gasteiger partial charge >= 0.3 is 11.9 Å². The van der Waals surface area contributed by atoms with Crippen LogP contribution >= 0.6 is 0 Å². The zero-order valence-corrected chi connectivity index (χ0v) is 17.0. The van der Waals surface area contributed by atoms with Gasteiger partial charge in [0, 0.05) is 37.9 Å². The first-order valence-electron chi connectivity index (χ1n) is 10.0. The molecule has 0 unspecified atom stereocenters. The van der Waals surface area contributed by atoms with Gasteiger partial charge < -0.3 is 24.4 Å². The number of rotatable bonds is 18. The maximum atomic E-state index is 11.6. The van der Waals surface area contributed by atoms with Crippen molar-refractivity contribution < 1.29 is 34.0 Å². The third-order valence-corrected chi connectivity index (χ3v) is 3.94. The molecule has 0 saturated carbocycles. The molecule has 0 fully saturated rings. The minimum absolute atomic E-state index is 0.0752. The van der Waals surface area contributed by atoms with Crippen molar-refractivity contribution in [1.82, 2.24) is 0 Å². The SMILES string of the molecule is CC(C)(CO)COCCCOC(=O)CCCCCOC(=O)CCCCCO. The topological polar surface area (TPSA) is 102 Å². The van der Waals surface area contributed by atoms with E-state index in [4.69, 9.17) is 24.4 Å². The standard InChI is InChI=1S/C20H38O7/c1-20(2,16-22)17-25-13-9-15-27-19(24)11-6-4-8-14-26-18(23)10-5-3-7-12-21/h21-22H,3-17H2,1-2H3. The lowest BCUT2D eigenvalue weighted by Gasteiger charge is -2.21. The predicted molar refractivity (Wildman–Crippen MR) is 102 cm³/mol. The van der Waals surface area contributed by atoms with Crippen LogP contribution in [0.5, 0.6) is 0 Å². The molecular weight excluding hydrogens is 352 g/mol. The molecular formula is C20H38O7. The number of carbonyl (C=O) groups is 2. The summed E-state index contributed by atoms with van der Waals surface area (Å²) in [5.41, 5.74) is -0.245. The predicted octanol–water partition coefficient (Wildman–Crippen LogP) is 2.61. The quantitative estimate of drug-likeness (QED) is 0.274. The fourth-order valence-corrected chi connectivity index (χ4v) is 2.18. The number of ether oxygens (including phenoxy) is 3. The molecule has 0 aliphatic heterocycles. The number of esters is 2. The molecule has 0 spiro atoms. The molecule has 0 bridgehead atoms. The Morgan fingerprint density at radius 1 is 0.741 bits per heavy atom. The van der Waals surface area contributed by atoms with Gasteiger partial charge in [-0.1, -0.05) is 20.3 Å². The normalized spacial score (nSPS) is 11.4. The van der Waals surface area contributed by atoms with E-state index in [1.54, 1.807) is 0 Å². The molecule has 2 N–H and O–H groups in total. The van der Waals surface area contributed by atoms with Gasteiger partial charge in [0.15, 0.2) is 0 Å². The van der Waals surface area contributed by atoms with E-state index in [1.165, 1.54) is 0 Å². The lowest BCUT2D eigenvalue weighted by Crippen LogP contribution is -2.24. The van der Waals surface area contributed by atoms with Crippen molar-refractivity contribution in [2.75, 3.05) is 39.6 Å². The first kappa shape index (κ1) is 25.8. The molecule has 0 heterocycles. The van der Waals surface area contributed by atoms with E-state index in [0.717, 1.165) is 32.1 Å². The molecule has 0 aromatic heterocycles. The van der Waals surface area contributed by atoms with Gasteiger partial charge in [0.25, 0.3) is 0 Å². The molecule has 7 nitrogen and oxygen atoms in total. The number of aliphatic hydroxyl groups excluding tert-OH is 2. The Morgan fingerprint density at radius 2 is 1.30 bits per heavy atom. The highest BCUT2D eigenvalue weighted by Gasteiger charge is 2.16. The minimum Gasteiger partial charge on any atom is -0.466 e. The molecule has 0 atom stereocenters. The van der Waals surface area contributed by atoms with Gasteiger partial charge in [-0.15, -0.1) is 0 Å². The molecule has 0 saturated heterocycles. The van der Waals surface area contributed by atoms with Crippen LogP contribution in [0.1, 0.15) is 71.6 Å². The molecule has 0 radical (unpaired) electrons. The number of aliphatic hydroxyl groups is 2. The highest BCUT2D eigenvalue weighted by molar-refractivity contribution is 5.69. The van der Waals surface area contributed by atoms with E-state index >= 15 is 0 Å². The van der Waals surface area contributed by atoms with Crippen molar-refractivity contribution in [1.29, 1.82) is 0 Å². The summed E-state index contributed by atoms with van der Waals surface area (Å²) in [6, 6.07) is 0. The minimum atomic E-state index is -0.245. The van der Waals surface area contributed by atoms with E-state index in [1.807, 2.05) is 13.8 Å². The third kappa shape index (κ3) is 18.0. The van der Waals surface area contributed by atoms with Crippen LogP contribution in [0.2, 0.25) is 0 Å². The monoisotopic (exact) mass is 390 g/mol. The van der Waals surface area contributed by atoms with Crippen LogP contribution in [0.15, 0.2) is 0 Å². The summed E-state index contributed by atoms with van der Waals surface area (Å²) in [6.07, 6.45) is 5.97. The van der Waals surface area contributed by atoms with E-state index in [0.29, 0.717) is 52.1 Å². The molecule has 7 heteroatoms. The van der Waals surface area contributed by atoms with Crippen LogP contribution in [-0.2, 0) is 23.8 Å². The van der Waals surface area contributed by atoms with Gasteiger partial charge in [-0.2, -0.15) is 0 Å². The third-order valence-electron chi connectivity index (χ3n) is 3.94. The maximum absolute atomic E-state index is 11.6. The van der Waals surface area contributed by atoms with Gasteiger partial charge in [-0.05, 0) is 32.1 Å². The average Bonchev–Trinajstić information content (AvgIpc) is 2.64. The van der Waals surface area contributed by atoms with Crippen molar-refractivity contribution in [3.63, 3.8) is 0 Å². The van der Waals surface area contributed by atoms with Crippen LogP contribution in [0, 0.1) is 5.41 Å². The summed E-state index contributed by atoms with van der Waals surface area (Å²) >= 11 is 0. The molecule has 0 aliphatic rings. The Balaban J connectivity index is 3.38. The largest absolute Gasteiger partial charge is 0.466 e. The lowest BCUT2D eigenvalue weighted by atomic mass is 9.97. The van der Waals surface area contributed by atoms with E-state index in [9.17, 15) is 9.59 Å². The van der Waals surface area contributed by atoms with E-state index in [-0.39, 0.29) is 30.6 Å². The van der Waals surface area contributed by atoms with Crippen molar-refractivity contribution in [3.05, 3.63) is 0 Å². The Morgan fingerprint density at radius 3 is 1.85 bits per heavy atom. The Kier molecular flexibility index (Phi) is 16.2. The van der Waals surface area contributed by atoms with Gasteiger partial charge in [0.05, 0.1) is 26.4 Å². The van der Waals surface area contributed by atoms with Crippen LogP contribution in [0.3, 0.4) is 0 Å². The molecule has 0 amide bonds. The summed E-state index contributed by atoms with van der Waals surface area (Å²) in [5, 5.41) is 17.8. The number of hydrogen-bond acceptors (Lipinski definition) is 7. The zero-order valence-electron chi connectivity index (χ0n) is 17.0. The second kappa shape index (κ2) is 17.0. The Hall–Kier alpha value is -1.18. The molecule has 160 valence electrons. The van der Waals surface area contributed by atoms with Crippen molar-refractivity contribution in [2.24, 2.45) is 5.41 Å². The highest BCUT2D eigenvalue weighted by Crippen LogP contribution is 2.13. The van der Waals surface area contributed by atoms with Gasteiger partial charge in [-0.25, -0.2) is 0 Å². The van der Waals surface area contributed by atoms with Crippen LogP contribution in [-0.4, -0.2) is 61.8 Å². The number of hydrogen-bond donors (Lipinski definition) is 2. The summed E-state index contributed by atoms with van der Waals surface area (Å²) in [5.74, 6) is -0.413. The Bertz CT molecular complexity index is 383. The first-order valence-corrected chi connectivity index (χ1v) is 10.0. The van der Waals surface area contributed by atoms with Gasteiger partial charge in [0.1, 0.15) is 0 Å². The summed E-state index contributed by atoms with van der Waals surface area (Å²) in [4.78, 5) is 23.0. The number of unbranched alkanes of at least 4 members (excludes halogenated alkanes) is 4. The molecule has 0 aliphatic carbocycles. The molecule has 0 aromatic rings. The summed E-state index contributed by atoms with van der Waals surface area (Å²) in [7, 11) is 0. The second-order valence-corrected chi connectivity index (χ2v) is 7.51. The zero-order chi connectivity index (χ0) is 20.4. The van der Waals surface area contributed by atoms with Crippen molar-refractivity contribution >= 4 is 11.9 Å². The molecule has 0 aromatic carbocycles. The Labute approximate surface area is 163 Å². The van der Waals surface area contributed by atoms with E-state index < -0.39 is 0 Å². The van der Waals surface area contributed by atoms with Crippen molar-refractivity contribution in [3.8, 4) is 0 Å². The van der Waals surface area contributed by atoms with E-state index in [2.05, 4.69) is 0 Å². The van der Waals surface area contributed by atoms with Crippen LogP contribution in [0.25, 0.3) is 0 Å². The lowest BCUT2D eigenvalue weighted by molar-refractivity contribution is -0.145. The fraction of sp³-hybridized carbons (Fsp3) is 0.900. The average molecular weight is 391 g/mol. The number of carbonyl (C=O) groups excluding carboxylic acids is 2. The molecule has 27 heavy (non-hydrogen) atoms. The first-order chi connectivity index (χ1) is 12.9. The van der Waals surface area contributed by atoms with Crippen LogP contribution in [0.4, 0.5) is 0 Å². The van der Waals surface area contributed by atoms with Crippen LogP contribution < -0.4 is 0 Å². The smallest absolute Gasteiger partial charge is 0.305 e. The fourth-order valence-electron chi connectivity index (χ4n) is 2.18. The van der Waals surface area contributed by atoms with Gasteiger partial charge in [0.2, 0.25) is 0 Å². The molecule has 0 rings (SSSR count). The second-order valence-electron chi connectivity index (χ2n) is 7.51. The summed E-state index contributed by atoms with van der Waals surface area (Å²) in [6.45, 7) is 5.79. The van der Waals surface area contributed by atoms with Crippen molar-refractivity contribution in [2.45, 2.75) is 71.6 Å². The van der Waals surface area contributed by atoms with Gasteiger partial charge in [-0.3, -0.25) is 9.59 Å².